The van der Waals surface area contributed by atoms with Crippen molar-refractivity contribution in [2.45, 2.75) is 39.7 Å². The first-order chi connectivity index (χ1) is 5.62. The molecule has 0 aromatic heterocycles. The van der Waals surface area contributed by atoms with Gasteiger partial charge in [0.2, 0.25) is 0 Å². The number of hydrogen-bond acceptors (Lipinski definition) is 3. The van der Waals surface area contributed by atoms with Gasteiger partial charge in [0.15, 0.2) is 0 Å². The van der Waals surface area contributed by atoms with Crippen LogP contribution in [0.3, 0.4) is 0 Å². The van der Waals surface area contributed by atoms with Gasteiger partial charge in [0.1, 0.15) is 0 Å². The molecule has 1 unspecified atom stereocenters. The maximum Gasteiger partial charge on any atom is 0.0509 e. The molecule has 0 aromatic carbocycles. The number of rotatable bonds is 4. The van der Waals surface area contributed by atoms with E-state index < -0.39 is 0 Å². The van der Waals surface area contributed by atoms with E-state index in [9.17, 15) is 0 Å². The van der Waals surface area contributed by atoms with Gasteiger partial charge < -0.3 is 15.3 Å². The van der Waals surface area contributed by atoms with Crippen molar-refractivity contribution in [3.63, 3.8) is 0 Å². The summed E-state index contributed by atoms with van der Waals surface area (Å²) in [7, 11) is 0. The van der Waals surface area contributed by atoms with Crippen LogP contribution in [0.25, 0.3) is 0 Å². The molecular formula is C9H22O3. The molecular weight excluding hydrogens is 156 g/mol. The van der Waals surface area contributed by atoms with Crippen LogP contribution in [0.1, 0.15) is 33.6 Å². The third-order valence-electron chi connectivity index (χ3n) is 1.68. The van der Waals surface area contributed by atoms with Crippen molar-refractivity contribution < 1.29 is 15.3 Å². The minimum Gasteiger partial charge on any atom is -0.396 e. The van der Waals surface area contributed by atoms with Crippen molar-refractivity contribution in [2.24, 2.45) is 5.92 Å². The van der Waals surface area contributed by atoms with Crippen LogP contribution in [-0.4, -0.2) is 34.6 Å². The Balaban J connectivity index is 0. The molecule has 1 atom stereocenters. The van der Waals surface area contributed by atoms with Crippen LogP contribution >= 0.6 is 0 Å². The van der Waals surface area contributed by atoms with Gasteiger partial charge in [-0.3, -0.25) is 0 Å². The largest absolute Gasteiger partial charge is 0.396 e. The van der Waals surface area contributed by atoms with Gasteiger partial charge in [-0.15, -0.1) is 0 Å². The summed E-state index contributed by atoms with van der Waals surface area (Å²) < 4.78 is 0. The highest BCUT2D eigenvalue weighted by Gasteiger charge is 1.98. The van der Waals surface area contributed by atoms with Crippen LogP contribution in [-0.2, 0) is 0 Å². The maximum atomic E-state index is 8.37. The van der Waals surface area contributed by atoms with Crippen LogP contribution in [0.4, 0.5) is 0 Å². The predicted molar refractivity (Wildman–Crippen MR) is 49.9 cm³/mol. The molecule has 3 nitrogen and oxygen atoms in total. The highest BCUT2D eigenvalue weighted by atomic mass is 16.3. The van der Waals surface area contributed by atoms with Gasteiger partial charge in [-0.2, -0.15) is 0 Å². The fourth-order valence-corrected chi connectivity index (χ4v) is 0.316. The van der Waals surface area contributed by atoms with Crippen molar-refractivity contribution in [3.05, 3.63) is 0 Å². The summed E-state index contributed by atoms with van der Waals surface area (Å²) in [5.41, 5.74) is 0. The van der Waals surface area contributed by atoms with Crippen LogP contribution in [0.2, 0.25) is 0 Å². The third-order valence-corrected chi connectivity index (χ3v) is 1.68. The van der Waals surface area contributed by atoms with Gasteiger partial charge >= 0.3 is 0 Å². The molecule has 0 amide bonds. The number of hydrogen-bond donors (Lipinski definition) is 3. The molecule has 3 N–H and O–H groups in total. The number of aliphatic hydroxyl groups is 3. The summed E-state index contributed by atoms with van der Waals surface area (Å²) in [4.78, 5) is 0. The monoisotopic (exact) mass is 178 g/mol. The summed E-state index contributed by atoms with van der Waals surface area (Å²) in [6, 6.07) is 0. The standard InChI is InChI=1S/C5H12O2.C4H10O/c1-2-5(3-6)4-7;1-3-4(2)5/h5-7H,2-4H2,1H3;4-5H,3H2,1-2H3. The van der Waals surface area contributed by atoms with E-state index in [1.54, 1.807) is 6.92 Å². The Morgan fingerprint density at radius 3 is 1.33 bits per heavy atom. The fraction of sp³-hybridized carbons (Fsp3) is 1.00. The third kappa shape index (κ3) is 12.5. The van der Waals surface area contributed by atoms with E-state index in [0.29, 0.717) is 0 Å². The Kier molecular flexibility index (Phi) is 13.1. The molecule has 0 saturated carbocycles. The van der Waals surface area contributed by atoms with Gasteiger partial charge in [-0.05, 0) is 19.8 Å². The average molecular weight is 178 g/mol. The van der Waals surface area contributed by atoms with Gasteiger partial charge in [0.05, 0.1) is 6.10 Å². The lowest BCUT2D eigenvalue weighted by Crippen LogP contribution is -2.08. The summed E-state index contributed by atoms with van der Waals surface area (Å²) in [5.74, 6) is 0.0972. The second kappa shape index (κ2) is 10.9. The van der Waals surface area contributed by atoms with E-state index in [1.165, 1.54) is 0 Å². The Morgan fingerprint density at radius 2 is 1.33 bits per heavy atom. The van der Waals surface area contributed by atoms with E-state index >= 15 is 0 Å². The lowest BCUT2D eigenvalue weighted by molar-refractivity contribution is 0.147. The molecule has 0 aromatic rings. The molecule has 0 fully saturated rings. The van der Waals surface area contributed by atoms with Crippen molar-refractivity contribution in [1.82, 2.24) is 0 Å². The fourth-order valence-electron chi connectivity index (χ4n) is 0.316. The van der Waals surface area contributed by atoms with Gasteiger partial charge in [0, 0.05) is 19.1 Å². The summed E-state index contributed by atoms with van der Waals surface area (Å²) >= 11 is 0. The van der Waals surface area contributed by atoms with Gasteiger partial charge in [-0.25, -0.2) is 0 Å². The minimum atomic E-state index is -0.116. The van der Waals surface area contributed by atoms with E-state index in [2.05, 4.69) is 0 Å². The van der Waals surface area contributed by atoms with Crippen LogP contribution in [0, 0.1) is 5.92 Å². The molecule has 0 aliphatic rings. The van der Waals surface area contributed by atoms with Crippen molar-refractivity contribution in [1.29, 1.82) is 0 Å². The van der Waals surface area contributed by atoms with Gasteiger partial charge in [-0.1, -0.05) is 13.8 Å². The molecule has 0 rings (SSSR count). The second-order valence-electron chi connectivity index (χ2n) is 2.90. The predicted octanol–water partition coefficient (Wildman–Crippen LogP) is 0.774. The number of aliphatic hydroxyl groups excluding tert-OH is 3. The molecule has 3 heteroatoms. The lowest BCUT2D eigenvalue weighted by atomic mass is 10.1. The smallest absolute Gasteiger partial charge is 0.0509 e. The molecule has 0 heterocycles. The zero-order valence-corrected chi connectivity index (χ0v) is 8.32. The van der Waals surface area contributed by atoms with Crippen molar-refractivity contribution in [2.75, 3.05) is 13.2 Å². The summed E-state index contributed by atoms with van der Waals surface area (Å²) in [6.07, 6.45) is 1.60. The van der Waals surface area contributed by atoms with Crippen LogP contribution in [0.5, 0.6) is 0 Å². The molecule has 76 valence electrons. The zero-order chi connectivity index (χ0) is 9.98. The Labute approximate surface area is 75.0 Å². The molecule has 0 spiro atoms. The first kappa shape index (κ1) is 14.4. The average Bonchev–Trinajstić information content (AvgIpc) is 2.09. The topological polar surface area (TPSA) is 60.7 Å². The minimum absolute atomic E-state index is 0.0972. The molecule has 0 saturated heterocycles. The molecule has 0 bridgehead atoms. The lowest BCUT2D eigenvalue weighted by Gasteiger charge is -2.03. The van der Waals surface area contributed by atoms with Crippen molar-refractivity contribution >= 4 is 0 Å². The maximum absolute atomic E-state index is 8.37. The Hall–Kier alpha value is -0.120. The van der Waals surface area contributed by atoms with E-state index in [-0.39, 0.29) is 25.2 Å². The normalized spacial score (nSPS) is 12.2. The van der Waals surface area contributed by atoms with E-state index in [4.69, 9.17) is 15.3 Å². The van der Waals surface area contributed by atoms with E-state index in [0.717, 1.165) is 12.8 Å². The highest BCUT2D eigenvalue weighted by molar-refractivity contribution is 4.49. The molecule has 12 heavy (non-hydrogen) atoms. The first-order valence-electron chi connectivity index (χ1n) is 4.52. The first-order valence-corrected chi connectivity index (χ1v) is 4.52. The SMILES string of the molecule is CCC(C)O.CCC(CO)CO. The van der Waals surface area contributed by atoms with Gasteiger partial charge in [0.25, 0.3) is 0 Å². The van der Waals surface area contributed by atoms with Crippen LogP contribution in [0.15, 0.2) is 0 Å². The highest BCUT2D eigenvalue weighted by Crippen LogP contribution is 1.96. The summed E-state index contributed by atoms with van der Waals surface area (Å²) in [6.45, 7) is 5.88. The quantitative estimate of drug-likeness (QED) is 0.596. The molecule has 0 aliphatic heterocycles. The molecule has 0 radical (unpaired) electrons. The van der Waals surface area contributed by atoms with Crippen molar-refractivity contribution in [3.8, 4) is 0 Å². The zero-order valence-electron chi connectivity index (χ0n) is 8.32. The van der Waals surface area contributed by atoms with Crippen LogP contribution < -0.4 is 0 Å². The summed E-state index contributed by atoms with van der Waals surface area (Å²) in [5, 5.41) is 25.1. The molecule has 0 aliphatic carbocycles. The second-order valence-corrected chi connectivity index (χ2v) is 2.90. The Bertz CT molecular complexity index is 64.7. The Morgan fingerprint density at radius 1 is 1.00 bits per heavy atom. The van der Waals surface area contributed by atoms with E-state index in [1.807, 2.05) is 13.8 Å².